The molecule has 3 aromatic rings. The van der Waals surface area contributed by atoms with E-state index in [9.17, 15) is 4.79 Å². The van der Waals surface area contributed by atoms with Crippen LogP contribution < -0.4 is 5.32 Å². The molecule has 5 nitrogen and oxygen atoms in total. The first-order valence-corrected chi connectivity index (χ1v) is 8.45. The molecule has 25 heavy (non-hydrogen) atoms. The van der Waals surface area contributed by atoms with Crippen LogP contribution in [0.5, 0.6) is 0 Å². The number of hydrogen-bond donors (Lipinski definition) is 1. The lowest BCUT2D eigenvalue weighted by Crippen LogP contribution is -2.25. The third kappa shape index (κ3) is 4.12. The Balaban J connectivity index is 1.62. The molecule has 0 radical (unpaired) electrons. The monoisotopic (exact) mass is 334 g/mol. The first-order valence-electron chi connectivity index (χ1n) is 8.45. The van der Waals surface area contributed by atoms with Crippen LogP contribution in [-0.2, 0) is 6.42 Å². The lowest BCUT2D eigenvalue weighted by Gasteiger charge is -2.12. The summed E-state index contributed by atoms with van der Waals surface area (Å²) in [5, 5.41) is 2.94. The summed E-state index contributed by atoms with van der Waals surface area (Å²) in [4.78, 5) is 20.8. The van der Waals surface area contributed by atoms with E-state index in [1.165, 1.54) is 0 Å². The minimum Gasteiger partial charge on any atom is -0.352 e. The van der Waals surface area contributed by atoms with Crippen LogP contribution in [-0.4, -0.2) is 27.0 Å². The summed E-state index contributed by atoms with van der Waals surface area (Å²) < 4.78 is 2.11. The predicted molar refractivity (Wildman–Crippen MR) is 98.3 cm³/mol. The first kappa shape index (κ1) is 16.9. The van der Waals surface area contributed by atoms with Gasteiger partial charge in [0.15, 0.2) is 0 Å². The summed E-state index contributed by atoms with van der Waals surface area (Å²) >= 11 is 0. The summed E-state index contributed by atoms with van der Waals surface area (Å²) in [5.41, 5.74) is 2.77. The Morgan fingerprint density at radius 2 is 1.96 bits per heavy atom. The molecule has 0 atom stereocenters. The summed E-state index contributed by atoms with van der Waals surface area (Å²) in [7, 11) is 0. The Bertz CT molecular complexity index is 822. The Labute approximate surface area is 147 Å². The van der Waals surface area contributed by atoms with Crippen LogP contribution in [0.25, 0.3) is 11.4 Å². The van der Waals surface area contributed by atoms with Crippen molar-refractivity contribution in [2.45, 2.75) is 26.3 Å². The minimum atomic E-state index is -0.0670. The topological polar surface area (TPSA) is 59.8 Å². The number of rotatable bonds is 6. The molecule has 0 saturated heterocycles. The smallest absolute Gasteiger partial charge is 0.251 e. The quantitative estimate of drug-likeness (QED) is 0.750. The van der Waals surface area contributed by atoms with Crippen molar-refractivity contribution >= 4 is 5.91 Å². The molecule has 0 unspecified atom stereocenters. The van der Waals surface area contributed by atoms with Crippen LogP contribution in [0.15, 0.2) is 61.2 Å². The molecule has 1 amide bonds. The van der Waals surface area contributed by atoms with Gasteiger partial charge >= 0.3 is 0 Å². The number of carbonyl (C=O) groups is 1. The maximum atomic E-state index is 12.3. The highest BCUT2D eigenvalue weighted by Crippen LogP contribution is 2.21. The Morgan fingerprint density at radius 3 is 2.64 bits per heavy atom. The SMILES string of the molecule is CC(C)n1ccnc1-c1ccc(C(=O)NCCc2cccnc2)cc1. The zero-order chi connectivity index (χ0) is 17.6. The highest BCUT2D eigenvalue weighted by atomic mass is 16.1. The molecule has 3 rings (SSSR count). The number of hydrogen-bond acceptors (Lipinski definition) is 3. The van der Waals surface area contributed by atoms with Gasteiger partial charge in [0.2, 0.25) is 0 Å². The van der Waals surface area contributed by atoms with Crippen molar-refractivity contribution in [1.29, 1.82) is 0 Å². The number of imidazole rings is 1. The zero-order valence-corrected chi connectivity index (χ0v) is 14.5. The molecule has 0 aliphatic carbocycles. The molecule has 2 heterocycles. The van der Waals surface area contributed by atoms with Gasteiger partial charge in [-0.1, -0.05) is 18.2 Å². The average Bonchev–Trinajstić information content (AvgIpc) is 3.13. The van der Waals surface area contributed by atoms with E-state index in [-0.39, 0.29) is 5.91 Å². The van der Waals surface area contributed by atoms with Crippen molar-refractivity contribution in [2.75, 3.05) is 6.54 Å². The van der Waals surface area contributed by atoms with Crippen molar-refractivity contribution in [2.24, 2.45) is 0 Å². The molecule has 0 spiro atoms. The van der Waals surface area contributed by atoms with Gasteiger partial charge in [0.25, 0.3) is 5.91 Å². The van der Waals surface area contributed by atoms with Gasteiger partial charge < -0.3 is 9.88 Å². The fourth-order valence-electron chi connectivity index (χ4n) is 2.69. The van der Waals surface area contributed by atoms with Gasteiger partial charge in [0, 0.05) is 48.5 Å². The normalized spacial score (nSPS) is 10.8. The largest absolute Gasteiger partial charge is 0.352 e. The van der Waals surface area contributed by atoms with Gasteiger partial charge in [0.1, 0.15) is 5.82 Å². The lowest BCUT2D eigenvalue weighted by molar-refractivity contribution is 0.0954. The van der Waals surface area contributed by atoms with Crippen molar-refractivity contribution in [3.63, 3.8) is 0 Å². The lowest BCUT2D eigenvalue weighted by atomic mass is 10.1. The molecular formula is C20H22N4O. The molecule has 5 heteroatoms. The fraction of sp³-hybridized carbons (Fsp3) is 0.250. The second-order valence-electron chi connectivity index (χ2n) is 6.20. The van der Waals surface area contributed by atoms with E-state index >= 15 is 0 Å². The molecule has 0 aliphatic rings. The van der Waals surface area contributed by atoms with Crippen LogP contribution in [0.3, 0.4) is 0 Å². The standard InChI is InChI=1S/C20H22N4O/c1-15(2)24-13-12-22-19(24)17-5-7-18(8-6-17)20(25)23-11-9-16-4-3-10-21-14-16/h3-8,10,12-15H,9,11H2,1-2H3,(H,23,25). The van der Waals surface area contributed by atoms with Crippen LogP contribution in [0.1, 0.15) is 35.8 Å². The van der Waals surface area contributed by atoms with Crippen LogP contribution in [0.4, 0.5) is 0 Å². The third-order valence-corrected chi connectivity index (χ3v) is 4.05. The summed E-state index contributed by atoms with van der Waals surface area (Å²) in [6, 6.07) is 11.8. The number of benzene rings is 1. The highest BCUT2D eigenvalue weighted by molar-refractivity contribution is 5.94. The van der Waals surface area contributed by atoms with Crippen molar-refractivity contribution in [3.05, 3.63) is 72.3 Å². The Kier molecular flexibility index (Phi) is 5.23. The van der Waals surface area contributed by atoms with Gasteiger partial charge in [-0.05, 0) is 44.0 Å². The molecule has 0 fully saturated rings. The second-order valence-corrected chi connectivity index (χ2v) is 6.20. The van der Waals surface area contributed by atoms with E-state index in [0.29, 0.717) is 18.2 Å². The number of nitrogens with one attached hydrogen (secondary N) is 1. The summed E-state index contributed by atoms with van der Waals surface area (Å²) in [5.74, 6) is 0.848. The number of aromatic nitrogens is 3. The molecule has 0 bridgehead atoms. The van der Waals surface area contributed by atoms with Crippen molar-refractivity contribution in [3.8, 4) is 11.4 Å². The molecule has 1 aromatic carbocycles. The maximum Gasteiger partial charge on any atom is 0.251 e. The van der Waals surface area contributed by atoms with E-state index in [1.807, 2.05) is 48.8 Å². The number of carbonyl (C=O) groups excluding carboxylic acids is 1. The number of amides is 1. The van der Waals surface area contributed by atoms with E-state index in [2.05, 4.69) is 33.7 Å². The summed E-state index contributed by atoms with van der Waals surface area (Å²) in [6.45, 7) is 4.83. The van der Waals surface area contributed by atoms with E-state index in [1.54, 1.807) is 12.4 Å². The average molecular weight is 334 g/mol. The summed E-state index contributed by atoms with van der Waals surface area (Å²) in [6.07, 6.45) is 8.10. The fourth-order valence-corrected chi connectivity index (χ4v) is 2.69. The molecule has 2 aromatic heterocycles. The molecule has 1 N–H and O–H groups in total. The maximum absolute atomic E-state index is 12.3. The molecule has 128 valence electrons. The minimum absolute atomic E-state index is 0.0670. The molecule has 0 aliphatic heterocycles. The second kappa shape index (κ2) is 7.75. The molecule has 0 saturated carbocycles. The van der Waals surface area contributed by atoms with Gasteiger partial charge in [-0.3, -0.25) is 9.78 Å². The van der Waals surface area contributed by atoms with Gasteiger partial charge in [-0.15, -0.1) is 0 Å². The zero-order valence-electron chi connectivity index (χ0n) is 14.5. The van der Waals surface area contributed by atoms with Crippen LogP contribution in [0, 0.1) is 0 Å². The van der Waals surface area contributed by atoms with E-state index in [0.717, 1.165) is 23.4 Å². The van der Waals surface area contributed by atoms with E-state index in [4.69, 9.17) is 0 Å². The first-order chi connectivity index (χ1) is 12.1. The van der Waals surface area contributed by atoms with Crippen molar-refractivity contribution < 1.29 is 4.79 Å². The van der Waals surface area contributed by atoms with Gasteiger partial charge in [-0.25, -0.2) is 4.98 Å². The van der Waals surface area contributed by atoms with Gasteiger partial charge in [0.05, 0.1) is 0 Å². The van der Waals surface area contributed by atoms with Crippen molar-refractivity contribution in [1.82, 2.24) is 19.9 Å². The van der Waals surface area contributed by atoms with E-state index < -0.39 is 0 Å². The van der Waals surface area contributed by atoms with Crippen LogP contribution in [0.2, 0.25) is 0 Å². The third-order valence-electron chi connectivity index (χ3n) is 4.05. The predicted octanol–water partition coefficient (Wildman–Crippen LogP) is 3.50. The number of pyridine rings is 1. The van der Waals surface area contributed by atoms with Gasteiger partial charge in [-0.2, -0.15) is 0 Å². The Morgan fingerprint density at radius 1 is 1.16 bits per heavy atom. The highest BCUT2D eigenvalue weighted by Gasteiger charge is 2.10. The van der Waals surface area contributed by atoms with Crippen LogP contribution >= 0.6 is 0 Å². The molecular weight excluding hydrogens is 312 g/mol. The Hall–Kier alpha value is -2.95. The number of nitrogens with zero attached hydrogens (tertiary/aromatic N) is 3.